The van der Waals surface area contributed by atoms with E-state index in [1.807, 2.05) is 0 Å². The lowest BCUT2D eigenvalue weighted by molar-refractivity contribution is -0.410. The number of halogens is 1. The normalized spacial score (nSPS) is 12.9. The number of nitrogens with zero attached hydrogens (tertiary/aromatic N) is 1. The van der Waals surface area contributed by atoms with Crippen LogP contribution in [0.2, 0.25) is 5.02 Å². The van der Waals surface area contributed by atoms with Gasteiger partial charge in [0.1, 0.15) is 10.7 Å². The molecule has 0 aromatic heterocycles. The summed E-state index contributed by atoms with van der Waals surface area (Å²) in [6.45, 7) is 0. The van der Waals surface area contributed by atoms with Crippen LogP contribution in [-0.2, 0) is 16.9 Å². The Morgan fingerprint density at radius 2 is 1.83 bits per heavy atom. The van der Waals surface area contributed by atoms with Gasteiger partial charge >= 0.3 is 5.03 Å². The number of aromatic hydroxyl groups is 2. The predicted octanol–water partition coefficient (Wildman–Crippen LogP) is 3.28. The van der Waals surface area contributed by atoms with E-state index in [9.17, 15) is 24.9 Å². The highest BCUT2D eigenvalue weighted by molar-refractivity contribution is 7.94. The smallest absolute Gasteiger partial charge is 0.441 e. The summed E-state index contributed by atoms with van der Waals surface area (Å²) in [6.07, 6.45) is 1.10. The first-order valence-corrected chi connectivity index (χ1v) is 8.07. The molecule has 2 aromatic rings. The minimum Gasteiger partial charge on any atom is -0.606 e. The number of nitro groups is 1. The molecule has 2 rings (SSSR count). The van der Waals surface area contributed by atoms with Crippen molar-refractivity contribution < 1.29 is 19.7 Å². The first-order valence-electron chi connectivity index (χ1n) is 6.37. The number of phenols is 2. The highest BCUT2D eigenvalue weighted by Crippen LogP contribution is 2.27. The molecule has 1 unspecified atom stereocenters. The molecule has 120 valence electrons. The molecule has 0 aliphatic carbocycles. The van der Waals surface area contributed by atoms with E-state index < -0.39 is 26.9 Å². The second kappa shape index (κ2) is 7.36. The van der Waals surface area contributed by atoms with Crippen molar-refractivity contribution >= 4 is 28.9 Å². The standard InChI is InChI=1S/C15H12ClNO5S/c16-12-4-1-10(2-5-12)9-23(22)15(17(20)21)8-11-3-6-13(18)14(19)7-11/h1-8,18-19H,9H2. The average Bonchev–Trinajstić information content (AvgIpc) is 2.50. The Balaban J connectivity index is 2.26. The van der Waals surface area contributed by atoms with Crippen LogP contribution in [0.1, 0.15) is 11.1 Å². The average molecular weight is 354 g/mol. The Labute approximate surface area is 140 Å². The van der Waals surface area contributed by atoms with Crippen LogP contribution in [0.5, 0.6) is 11.5 Å². The summed E-state index contributed by atoms with van der Waals surface area (Å²) in [6, 6.07) is 10.2. The Morgan fingerprint density at radius 1 is 1.17 bits per heavy atom. The number of hydrogen-bond acceptors (Lipinski definition) is 5. The monoisotopic (exact) mass is 353 g/mol. The van der Waals surface area contributed by atoms with Gasteiger partial charge in [0.05, 0.1) is 17.3 Å². The van der Waals surface area contributed by atoms with Crippen LogP contribution in [0.3, 0.4) is 0 Å². The summed E-state index contributed by atoms with van der Waals surface area (Å²) in [5.41, 5.74) is 0.908. The maximum absolute atomic E-state index is 12.3. The Hall–Kier alpha value is -2.22. The van der Waals surface area contributed by atoms with Gasteiger partial charge in [-0.1, -0.05) is 29.8 Å². The first kappa shape index (κ1) is 17.1. The molecule has 0 aliphatic heterocycles. The Kier molecular flexibility index (Phi) is 5.49. The van der Waals surface area contributed by atoms with E-state index in [-0.39, 0.29) is 17.1 Å². The molecular weight excluding hydrogens is 342 g/mol. The Bertz CT molecular complexity index is 748. The van der Waals surface area contributed by atoms with Crippen molar-refractivity contribution in [2.75, 3.05) is 0 Å². The van der Waals surface area contributed by atoms with Gasteiger partial charge in [-0.15, -0.1) is 0 Å². The van der Waals surface area contributed by atoms with Gasteiger partial charge in [-0.25, -0.2) is 0 Å². The van der Waals surface area contributed by atoms with Crippen molar-refractivity contribution in [3.63, 3.8) is 0 Å². The van der Waals surface area contributed by atoms with Gasteiger partial charge < -0.3 is 14.8 Å². The third-order valence-electron chi connectivity index (χ3n) is 2.91. The Morgan fingerprint density at radius 3 is 2.39 bits per heavy atom. The van der Waals surface area contributed by atoms with Crippen LogP contribution < -0.4 is 0 Å². The summed E-state index contributed by atoms with van der Waals surface area (Å²) in [7, 11) is 0. The summed E-state index contributed by atoms with van der Waals surface area (Å²) >= 11 is 3.87. The number of benzene rings is 2. The summed E-state index contributed by atoms with van der Waals surface area (Å²) in [5.74, 6) is -0.786. The SMILES string of the molecule is O=[N+]([O-])C(=Cc1ccc(O)c(O)c1)[S+]([O-])Cc1ccc(Cl)cc1. The molecule has 0 fully saturated rings. The molecule has 0 amide bonds. The van der Waals surface area contributed by atoms with Crippen molar-refractivity contribution in [2.45, 2.75) is 5.75 Å². The molecule has 1 atom stereocenters. The van der Waals surface area contributed by atoms with E-state index in [2.05, 4.69) is 0 Å². The van der Waals surface area contributed by atoms with Crippen LogP contribution >= 0.6 is 11.6 Å². The predicted molar refractivity (Wildman–Crippen MR) is 88.0 cm³/mol. The van der Waals surface area contributed by atoms with Gasteiger partial charge in [0.25, 0.3) is 0 Å². The topological polar surface area (TPSA) is 107 Å². The molecule has 2 aromatic carbocycles. The van der Waals surface area contributed by atoms with Gasteiger partial charge in [0, 0.05) is 10.6 Å². The van der Waals surface area contributed by atoms with E-state index in [0.29, 0.717) is 10.6 Å². The van der Waals surface area contributed by atoms with E-state index in [1.54, 1.807) is 24.3 Å². The van der Waals surface area contributed by atoms with E-state index >= 15 is 0 Å². The molecule has 0 saturated carbocycles. The van der Waals surface area contributed by atoms with Gasteiger partial charge in [-0.3, -0.25) is 10.1 Å². The molecule has 8 heteroatoms. The summed E-state index contributed by atoms with van der Waals surface area (Å²) < 4.78 is 12.3. The van der Waals surface area contributed by atoms with Crippen LogP contribution in [0.4, 0.5) is 0 Å². The molecule has 0 heterocycles. The fourth-order valence-corrected chi connectivity index (χ4v) is 2.98. The summed E-state index contributed by atoms with van der Waals surface area (Å²) in [5, 5.41) is 29.8. The minimum absolute atomic E-state index is 0.0337. The molecule has 0 radical (unpaired) electrons. The molecule has 2 N–H and O–H groups in total. The van der Waals surface area contributed by atoms with E-state index in [1.165, 1.54) is 12.1 Å². The zero-order chi connectivity index (χ0) is 17.0. The van der Waals surface area contributed by atoms with Crippen molar-refractivity contribution in [3.8, 4) is 11.5 Å². The van der Waals surface area contributed by atoms with Gasteiger partial charge in [0.2, 0.25) is 0 Å². The fourth-order valence-electron chi connectivity index (χ4n) is 1.78. The van der Waals surface area contributed by atoms with Gasteiger partial charge in [-0.2, -0.15) is 0 Å². The number of rotatable bonds is 5. The highest BCUT2D eigenvalue weighted by Gasteiger charge is 2.27. The highest BCUT2D eigenvalue weighted by atomic mass is 35.5. The van der Waals surface area contributed by atoms with Gasteiger partial charge in [0.15, 0.2) is 11.5 Å². The third kappa shape index (κ3) is 4.62. The van der Waals surface area contributed by atoms with Crippen molar-refractivity contribution in [3.05, 3.63) is 73.8 Å². The maximum Gasteiger partial charge on any atom is 0.441 e. The van der Waals surface area contributed by atoms with Crippen molar-refractivity contribution in [2.24, 2.45) is 0 Å². The number of phenolic OH excluding ortho intramolecular Hbond substituents is 2. The summed E-state index contributed by atoms with van der Waals surface area (Å²) in [4.78, 5) is 10.4. The third-order valence-corrected chi connectivity index (χ3v) is 4.49. The molecule has 6 nitrogen and oxygen atoms in total. The maximum atomic E-state index is 12.3. The second-order valence-corrected chi connectivity index (χ2v) is 6.44. The lowest BCUT2D eigenvalue weighted by Crippen LogP contribution is -2.14. The van der Waals surface area contributed by atoms with E-state index in [0.717, 1.165) is 12.1 Å². The molecule has 0 aliphatic rings. The minimum atomic E-state index is -1.88. The quantitative estimate of drug-likeness (QED) is 0.371. The molecule has 0 spiro atoms. The van der Waals surface area contributed by atoms with Gasteiger partial charge in [-0.05, 0) is 29.8 Å². The van der Waals surface area contributed by atoms with Crippen molar-refractivity contribution in [1.82, 2.24) is 0 Å². The molecular formula is C15H12ClNO5S. The lowest BCUT2D eigenvalue weighted by atomic mass is 10.2. The second-order valence-electron chi connectivity index (χ2n) is 4.60. The molecule has 0 bridgehead atoms. The van der Waals surface area contributed by atoms with E-state index in [4.69, 9.17) is 11.6 Å². The van der Waals surface area contributed by atoms with Crippen molar-refractivity contribution in [1.29, 1.82) is 0 Å². The fraction of sp³-hybridized carbons (Fsp3) is 0.0667. The number of hydrogen-bond donors (Lipinski definition) is 2. The van der Waals surface area contributed by atoms with Crippen LogP contribution in [-0.4, -0.2) is 19.7 Å². The lowest BCUT2D eigenvalue weighted by Gasteiger charge is -2.07. The van der Waals surface area contributed by atoms with Crippen LogP contribution in [0.15, 0.2) is 47.5 Å². The molecule has 23 heavy (non-hydrogen) atoms. The zero-order valence-electron chi connectivity index (χ0n) is 11.7. The first-order chi connectivity index (χ1) is 10.9. The largest absolute Gasteiger partial charge is 0.606 e. The molecule has 0 saturated heterocycles. The zero-order valence-corrected chi connectivity index (χ0v) is 13.3. The van der Waals surface area contributed by atoms with Crippen LogP contribution in [0.25, 0.3) is 6.08 Å². The van der Waals surface area contributed by atoms with Crippen LogP contribution in [0, 0.1) is 10.1 Å².